The number of esters is 4. The molecule has 1 amide bonds. The summed E-state index contributed by atoms with van der Waals surface area (Å²) in [5, 5.41) is 12.4. The minimum Gasteiger partial charge on any atom is -0.478 e. The van der Waals surface area contributed by atoms with E-state index in [-0.39, 0.29) is 24.3 Å². The summed E-state index contributed by atoms with van der Waals surface area (Å²) in [5.41, 5.74) is 2.82. The maximum Gasteiger partial charge on any atom is 0.349 e. The number of rotatable bonds is 15. The standard InChI is InChI=1S/C38H35NO11/c1-24-13-17-28(18-14-24)36(44)49-32(33(35(42)43)50-37(45)29-19-15-25(2)16-20-29)34(41)39-30(38(46)48-23-27-11-7-4-8-12-27)21-31(40)47-22-26-9-5-3-6-10-26/h3-20,30,32-33H,21-23H2,1-2H3,(H,39,41)(H,42,43)/t30?,32-,33-/m1/s1. The second kappa shape index (κ2) is 17.7. The highest BCUT2D eigenvalue weighted by molar-refractivity contribution is 5.98. The predicted molar refractivity (Wildman–Crippen MR) is 177 cm³/mol. The molecule has 4 aromatic carbocycles. The summed E-state index contributed by atoms with van der Waals surface area (Å²) in [5.74, 6) is -7.38. The van der Waals surface area contributed by atoms with E-state index in [1.807, 2.05) is 0 Å². The molecule has 0 radical (unpaired) electrons. The molecule has 3 atom stereocenters. The molecule has 2 N–H and O–H groups in total. The van der Waals surface area contributed by atoms with Crippen molar-refractivity contribution >= 4 is 35.8 Å². The Morgan fingerprint density at radius 1 is 0.600 bits per heavy atom. The Kier molecular flexibility index (Phi) is 13.0. The average Bonchev–Trinajstić information content (AvgIpc) is 3.12. The Morgan fingerprint density at radius 3 is 1.50 bits per heavy atom. The van der Waals surface area contributed by atoms with E-state index in [9.17, 15) is 33.9 Å². The third-order valence-electron chi connectivity index (χ3n) is 7.26. The minimum atomic E-state index is -2.37. The second-order valence-electron chi connectivity index (χ2n) is 11.2. The topological polar surface area (TPSA) is 172 Å². The molecule has 4 rings (SSSR count). The lowest BCUT2D eigenvalue weighted by molar-refractivity contribution is -0.161. The van der Waals surface area contributed by atoms with Gasteiger partial charge in [-0.25, -0.2) is 19.2 Å². The first kappa shape index (κ1) is 36.5. The second-order valence-corrected chi connectivity index (χ2v) is 11.2. The van der Waals surface area contributed by atoms with Gasteiger partial charge in [0.15, 0.2) is 0 Å². The largest absolute Gasteiger partial charge is 0.478 e. The molecule has 0 aliphatic rings. The third-order valence-corrected chi connectivity index (χ3v) is 7.26. The summed E-state index contributed by atoms with van der Waals surface area (Å²) < 4.78 is 21.2. The van der Waals surface area contributed by atoms with E-state index in [0.717, 1.165) is 11.1 Å². The number of amides is 1. The van der Waals surface area contributed by atoms with Gasteiger partial charge in [0.2, 0.25) is 12.2 Å². The number of aliphatic carboxylic acids is 1. The van der Waals surface area contributed by atoms with E-state index in [1.54, 1.807) is 98.8 Å². The molecule has 0 aromatic heterocycles. The van der Waals surface area contributed by atoms with Crippen LogP contribution in [0.4, 0.5) is 0 Å². The Labute approximate surface area is 287 Å². The van der Waals surface area contributed by atoms with E-state index < -0.39 is 60.4 Å². The number of hydrogen-bond acceptors (Lipinski definition) is 10. The molecule has 0 saturated heterocycles. The molecule has 12 heteroatoms. The van der Waals surface area contributed by atoms with Crippen molar-refractivity contribution in [3.63, 3.8) is 0 Å². The molecule has 0 heterocycles. The van der Waals surface area contributed by atoms with Crippen LogP contribution < -0.4 is 5.32 Å². The number of benzene rings is 4. The van der Waals surface area contributed by atoms with Gasteiger partial charge in [-0.2, -0.15) is 0 Å². The van der Waals surface area contributed by atoms with Gasteiger partial charge in [-0.3, -0.25) is 9.59 Å². The fourth-order valence-electron chi connectivity index (χ4n) is 4.48. The van der Waals surface area contributed by atoms with Crippen LogP contribution in [-0.4, -0.2) is 59.1 Å². The average molecular weight is 682 g/mol. The van der Waals surface area contributed by atoms with Crippen LogP contribution in [0.5, 0.6) is 0 Å². The Hall–Kier alpha value is -6.30. The Morgan fingerprint density at radius 2 is 1.04 bits per heavy atom. The summed E-state index contributed by atoms with van der Waals surface area (Å²) in [4.78, 5) is 78.6. The van der Waals surface area contributed by atoms with Crippen molar-refractivity contribution in [2.45, 2.75) is 51.7 Å². The van der Waals surface area contributed by atoms with Crippen LogP contribution in [0, 0.1) is 13.8 Å². The van der Waals surface area contributed by atoms with E-state index >= 15 is 0 Å². The molecule has 258 valence electrons. The van der Waals surface area contributed by atoms with Crippen molar-refractivity contribution in [3.8, 4) is 0 Å². The number of hydrogen-bond donors (Lipinski definition) is 2. The molecule has 12 nitrogen and oxygen atoms in total. The SMILES string of the molecule is Cc1ccc(C(=O)O[C@@H](C(=O)O)[C@@H](OC(=O)c2ccc(C)cc2)C(=O)NC(CC(=O)OCc2ccccc2)C(=O)OCc2ccccc2)cc1. The van der Waals surface area contributed by atoms with Crippen LogP contribution in [0.3, 0.4) is 0 Å². The molecule has 50 heavy (non-hydrogen) atoms. The van der Waals surface area contributed by atoms with Gasteiger partial charge in [-0.1, -0.05) is 96.1 Å². The lowest BCUT2D eigenvalue weighted by Gasteiger charge is -2.25. The van der Waals surface area contributed by atoms with E-state index in [0.29, 0.717) is 11.1 Å². The minimum absolute atomic E-state index is 0.0330. The quantitative estimate of drug-likeness (QED) is 0.134. The van der Waals surface area contributed by atoms with Gasteiger partial charge in [0.05, 0.1) is 17.5 Å². The number of ether oxygens (including phenoxy) is 4. The maximum atomic E-state index is 13.8. The summed E-state index contributed by atoms with van der Waals surface area (Å²) in [7, 11) is 0. The van der Waals surface area contributed by atoms with E-state index in [2.05, 4.69) is 5.32 Å². The van der Waals surface area contributed by atoms with Crippen LogP contribution in [0.25, 0.3) is 0 Å². The van der Waals surface area contributed by atoms with Crippen LogP contribution in [0.15, 0.2) is 109 Å². The maximum absolute atomic E-state index is 13.8. The highest BCUT2D eigenvalue weighted by atomic mass is 16.6. The molecular formula is C38H35NO11. The lowest BCUT2D eigenvalue weighted by atomic mass is 10.1. The lowest BCUT2D eigenvalue weighted by Crippen LogP contribution is -2.54. The molecule has 1 unspecified atom stereocenters. The van der Waals surface area contributed by atoms with Gasteiger partial charge < -0.3 is 29.4 Å². The monoisotopic (exact) mass is 681 g/mol. The number of carbonyl (C=O) groups is 6. The summed E-state index contributed by atoms with van der Waals surface area (Å²) in [6.07, 6.45) is -5.42. The van der Waals surface area contributed by atoms with Gasteiger partial charge in [-0.05, 0) is 49.2 Å². The van der Waals surface area contributed by atoms with E-state index in [4.69, 9.17) is 18.9 Å². The van der Waals surface area contributed by atoms with Gasteiger partial charge in [0.25, 0.3) is 5.91 Å². The van der Waals surface area contributed by atoms with Gasteiger partial charge in [0, 0.05) is 0 Å². The molecule has 0 aliphatic heterocycles. The molecule has 0 saturated carbocycles. The van der Waals surface area contributed by atoms with Gasteiger partial charge in [-0.15, -0.1) is 0 Å². The normalized spacial score (nSPS) is 12.4. The highest BCUT2D eigenvalue weighted by Gasteiger charge is 2.42. The van der Waals surface area contributed by atoms with E-state index in [1.165, 1.54) is 24.3 Å². The fraction of sp³-hybridized carbons (Fsp3) is 0.211. The first-order chi connectivity index (χ1) is 24.0. The summed E-state index contributed by atoms with van der Waals surface area (Å²) >= 11 is 0. The molecule has 0 fully saturated rings. The molecule has 0 spiro atoms. The zero-order valence-electron chi connectivity index (χ0n) is 27.3. The van der Waals surface area contributed by atoms with Crippen molar-refractivity contribution in [3.05, 3.63) is 143 Å². The van der Waals surface area contributed by atoms with Crippen LogP contribution >= 0.6 is 0 Å². The fourth-order valence-corrected chi connectivity index (χ4v) is 4.48. The summed E-state index contributed by atoms with van der Waals surface area (Å²) in [6, 6.07) is 27.5. The molecule has 0 aliphatic carbocycles. The molecule has 0 bridgehead atoms. The highest BCUT2D eigenvalue weighted by Crippen LogP contribution is 2.16. The van der Waals surface area contributed by atoms with Crippen LogP contribution in [0.1, 0.15) is 49.4 Å². The van der Waals surface area contributed by atoms with Crippen molar-refractivity contribution in [2.24, 2.45) is 0 Å². The van der Waals surface area contributed by atoms with Crippen LogP contribution in [0.2, 0.25) is 0 Å². The number of carboxylic acid groups (broad SMARTS) is 1. The smallest absolute Gasteiger partial charge is 0.349 e. The first-order valence-corrected chi connectivity index (χ1v) is 15.5. The number of carbonyl (C=O) groups excluding carboxylic acids is 5. The van der Waals surface area contributed by atoms with Gasteiger partial charge >= 0.3 is 29.8 Å². The van der Waals surface area contributed by atoms with Crippen molar-refractivity contribution in [1.82, 2.24) is 5.32 Å². The number of aryl methyl sites for hydroxylation is 2. The Balaban J connectivity index is 1.60. The molecular weight excluding hydrogens is 646 g/mol. The number of carboxylic acids is 1. The van der Waals surface area contributed by atoms with Crippen molar-refractivity contribution in [2.75, 3.05) is 0 Å². The van der Waals surface area contributed by atoms with Crippen molar-refractivity contribution < 1.29 is 52.8 Å². The summed E-state index contributed by atoms with van der Waals surface area (Å²) in [6.45, 7) is 3.20. The first-order valence-electron chi connectivity index (χ1n) is 15.5. The molecule has 4 aromatic rings. The zero-order valence-corrected chi connectivity index (χ0v) is 27.3. The van der Waals surface area contributed by atoms with Crippen molar-refractivity contribution in [1.29, 1.82) is 0 Å². The number of nitrogens with one attached hydrogen (secondary N) is 1. The zero-order chi connectivity index (χ0) is 36.0. The van der Waals surface area contributed by atoms with Crippen LogP contribution in [-0.2, 0) is 51.3 Å². The Bertz CT molecular complexity index is 1790. The third kappa shape index (κ3) is 10.9. The predicted octanol–water partition coefficient (Wildman–Crippen LogP) is 4.50. The van der Waals surface area contributed by atoms with Gasteiger partial charge in [0.1, 0.15) is 19.3 Å².